The molecule has 18 heavy (non-hydrogen) atoms. The lowest BCUT2D eigenvalue weighted by Gasteiger charge is -2.34. The van der Waals surface area contributed by atoms with E-state index in [2.05, 4.69) is 0 Å². The number of nitro benzene ring substituents is 1. The van der Waals surface area contributed by atoms with Gasteiger partial charge in [0.15, 0.2) is 5.82 Å². The Balaban J connectivity index is 2.20. The quantitative estimate of drug-likeness (QED) is 0.641. The first-order valence-corrected chi connectivity index (χ1v) is 5.62. The minimum Gasteiger partial charge on any atom is -0.373 e. The molecule has 0 aromatic heterocycles. The summed E-state index contributed by atoms with van der Waals surface area (Å²) in [6.45, 7) is 1.87. The summed E-state index contributed by atoms with van der Waals surface area (Å²) in [6.07, 6.45) is -0.131. The summed E-state index contributed by atoms with van der Waals surface area (Å²) in [7, 11) is 0. The van der Waals surface area contributed by atoms with E-state index in [4.69, 9.17) is 10.5 Å². The first-order chi connectivity index (χ1) is 8.61. The highest BCUT2D eigenvalue weighted by Gasteiger charge is 2.22. The van der Waals surface area contributed by atoms with E-state index < -0.39 is 10.7 Å². The van der Waals surface area contributed by atoms with Crippen LogP contribution in [0.15, 0.2) is 18.2 Å². The van der Waals surface area contributed by atoms with Gasteiger partial charge in [-0.05, 0) is 6.07 Å². The van der Waals surface area contributed by atoms with E-state index in [9.17, 15) is 14.5 Å². The maximum absolute atomic E-state index is 13.8. The highest BCUT2D eigenvalue weighted by molar-refractivity contribution is 5.52. The van der Waals surface area contributed by atoms with Crippen molar-refractivity contribution in [3.63, 3.8) is 0 Å². The SMILES string of the molecule is NCC1CN(c2ccc([N+](=O)[O-])cc2F)CCO1. The molecular formula is C11H14FN3O3. The molecule has 7 heteroatoms. The lowest BCUT2D eigenvalue weighted by Crippen LogP contribution is -2.46. The van der Waals surface area contributed by atoms with Crippen LogP contribution < -0.4 is 10.6 Å². The minimum absolute atomic E-state index is 0.131. The van der Waals surface area contributed by atoms with E-state index in [1.165, 1.54) is 12.1 Å². The molecule has 0 radical (unpaired) electrons. The van der Waals surface area contributed by atoms with Gasteiger partial charge < -0.3 is 15.4 Å². The number of benzene rings is 1. The molecule has 6 nitrogen and oxygen atoms in total. The Morgan fingerprint density at radius 1 is 1.61 bits per heavy atom. The number of non-ortho nitro benzene ring substituents is 1. The Morgan fingerprint density at radius 3 is 3.00 bits per heavy atom. The predicted molar refractivity (Wildman–Crippen MR) is 64.1 cm³/mol. The molecule has 1 atom stereocenters. The van der Waals surface area contributed by atoms with E-state index in [0.29, 0.717) is 31.9 Å². The third-order valence-corrected chi connectivity index (χ3v) is 2.88. The van der Waals surface area contributed by atoms with Crippen LogP contribution in [0.1, 0.15) is 0 Å². The molecule has 0 bridgehead atoms. The second-order valence-electron chi connectivity index (χ2n) is 4.07. The van der Waals surface area contributed by atoms with E-state index in [1.807, 2.05) is 0 Å². The number of rotatable bonds is 3. The van der Waals surface area contributed by atoms with Crippen LogP contribution in [0.4, 0.5) is 15.8 Å². The van der Waals surface area contributed by atoms with Crippen LogP contribution in [0.25, 0.3) is 0 Å². The summed E-state index contributed by atoms with van der Waals surface area (Å²) in [6, 6.07) is 3.65. The van der Waals surface area contributed by atoms with Crippen molar-refractivity contribution in [3.8, 4) is 0 Å². The number of halogens is 1. The normalized spacial score (nSPS) is 19.9. The first-order valence-electron chi connectivity index (χ1n) is 5.62. The van der Waals surface area contributed by atoms with Crippen LogP contribution in [0.3, 0.4) is 0 Å². The molecule has 0 spiro atoms. The maximum Gasteiger partial charge on any atom is 0.272 e. The topological polar surface area (TPSA) is 81.6 Å². The van der Waals surface area contributed by atoms with Crippen LogP contribution in [-0.4, -0.2) is 37.3 Å². The first kappa shape index (κ1) is 12.7. The summed E-state index contributed by atoms with van der Waals surface area (Å²) < 4.78 is 19.2. The molecule has 1 aromatic rings. The lowest BCUT2D eigenvalue weighted by atomic mass is 10.2. The van der Waals surface area contributed by atoms with Gasteiger partial charge in [-0.2, -0.15) is 0 Å². The van der Waals surface area contributed by atoms with Crippen LogP contribution in [0.5, 0.6) is 0 Å². The number of ether oxygens (including phenoxy) is 1. The van der Waals surface area contributed by atoms with E-state index in [0.717, 1.165) is 6.07 Å². The monoisotopic (exact) mass is 255 g/mol. The molecule has 1 heterocycles. The smallest absolute Gasteiger partial charge is 0.272 e. The number of hydrogen-bond donors (Lipinski definition) is 1. The summed E-state index contributed by atoms with van der Waals surface area (Å²) in [5, 5.41) is 10.5. The van der Waals surface area contributed by atoms with Crippen molar-refractivity contribution >= 4 is 11.4 Å². The molecule has 0 saturated carbocycles. The van der Waals surface area contributed by atoms with Gasteiger partial charge in [0, 0.05) is 25.7 Å². The molecule has 1 fully saturated rings. The average molecular weight is 255 g/mol. The highest BCUT2D eigenvalue weighted by Crippen LogP contribution is 2.25. The van der Waals surface area contributed by atoms with Crippen molar-refractivity contribution in [3.05, 3.63) is 34.1 Å². The minimum atomic E-state index is -0.616. The Labute approximate surface area is 103 Å². The second kappa shape index (κ2) is 5.28. The summed E-state index contributed by atoms with van der Waals surface area (Å²) in [5.74, 6) is -0.595. The van der Waals surface area contributed by atoms with Gasteiger partial charge in [-0.3, -0.25) is 10.1 Å². The Hall–Kier alpha value is -1.73. The van der Waals surface area contributed by atoms with Crippen molar-refractivity contribution in [2.24, 2.45) is 5.73 Å². The van der Waals surface area contributed by atoms with E-state index >= 15 is 0 Å². The molecule has 1 aliphatic rings. The number of morpholine rings is 1. The molecule has 1 aliphatic heterocycles. The van der Waals surface area contributed by atoms with Crippen LogP contribution >= 0.6 is 0 Å². The van der Waals surface area contributed by atoms with Crippen molar-refractivity contribution in [1.29, 1.82) is 0 Å². The Morgan fingerprint density at radius 2 is 2.39 bits per heavy atom. The van der Waals surface area contributed by atoms with Gasteiger partial charge in [-0.1, -0.05) is 0 Å². The van der Waals surface area contributed by atoms with E-state index in [-0.39, 0.29) is 11.8 Å². The van der Waals surface area contributed by atoms with Crippen LogP contribution in [-0.2, 0) is 4.74 Å². The number of nitrogens with two attached hydrogens (primary N) is 1. The zero-order valence-corrected chi connectivity index (χ0v) is 9.71. The van der Waals surface area contributed by atoms with Crippen molar-refractivity contribution in [2.75, 3.05) is 31.1 Å². The fourth-order valence-corrected chi connectivity index (χ4v) is 1.95. The van der Waals surface area contributed by atoms with Gasteiger partial charge in [0.25, 0.3) is 5.69 Å². The third kappa shape index (κ3) is 2.57. The molecule has 0 amide bonds. The standard InChI is InChI=1S/C11H14FN3O3/c12-10-5-8(15(16)17)1-2-11(10)14-3-4-18-9(6-13)7-14/h1-2,5,9H,3-4,6-7,13H2. The molecule has 1 unspecified atom stereocenters. The van der Waals surface area contributed by atoms with Crippen LogP contribution in [0, 0.1) is 15.9 Å². The van der Waals surface area contributed by atoms with Crippen LogP contribution in [0.2, 0.25) is 0 Å². The molecule has 1 aromatic carbocycles. The number of hydrogen-bond acceptors (Lipinski definition) is 5. The fraction of sp³-hybridized carbons (Fsp3) is 0.455. The predicted octanol–water partition coefficient (Wildman–Crippen LogP) is 0.898. The number of anilines is 1. The molecule has 2 N–H and O–H groups in total. The van der Waals surface area contributed by atoms with Gasteiger partial charge in [-0.25, -0.2) is 4.39 Å². The van der Waals surface area contributed by atoms with E-state index in [1.54, 1.807) is 4.90 Å². The molecule has 2 rings (SSSR count). The van der Waals surface area contributed by atoms with Gasteiger partial charge in [0.2, 0.25) is 0 Å². The van der Waals surface area contributed by atoms with Crippen molar-refractivity contribution in [2.45, 2.75) is 6.10 Å². The van der Waals surface area contributed by atoms with Gasteiger partial charge in [0.05, 0.1) is 29.4 Å². The third-order valence-electron chi connectivity index (χ3n) is 2.88. The number of nitrogens with zero attached hydrogens (tertiary/aromatic N) is 2. The fourth-order valence-electron chi connectivity index (χ4n) is 1.95. The van der Waals surface area contributed by atoms with Crippen molar-refractivity contribution in [1.82, 2.24) is 0 Å². The highest BCUT2D eigenvalue weighted by atomic mass is 19.1. The van der Waals surface area contributed by atoms with Crippen molar-refractivity contribution < 1.29 is 14.1 Å². The van der Waals surface area contributed by atoms with Gasteiger partial charge >= 0.3 is 0 Å². The molecule has 0 aliphatic carbocycles. The maximum atomic E-state index is 13.8. The Bertz CT molecular complexity index is 455. The van der Waals surface area contributed by atoms with Gasteiger partial charge in [0.1, 0.15) is 0 Å². The number of nitro groups is 1. The zero-order chi connectivity index (χ0) is 13.1. The molecular weight excluding hydrogens is 241 g/mol. The second-order valence-corrected chi connectivity index (χ2v) is 4.07. The largest absolute Gasteiger partial charge is 0.373 e. The summed E-state index contributed by atoms with van der Waals surface area (Å²) in [4.78, 5) is 11.7. The molecule has 1 saturated heterocycles. The molecule has 98 valence electrons. The average Bonchev–Trinajstić information content (AvgIpc) is 2.38. The lowest BCUT2D eigenvalue weighted by molar-refractivity contribution is -0.385. The summed E-state index contributed by atoms with van der Waals surface area (Å²) >= 11 is 0. The zero-order valence-electron chi connectivity index (χ0n) is 9.71. The summed E-state index contributed by atoms with van der Waals surface area (Å²) in [5.41, 5.74) is 5.61. The van der Waals surface area contributed by atoms with Gasteiger partial charge in [-0.15, -0.1) is 0 Å². The Kier molecular flexibility index (Phi) is 3.73.